The molecule has 1 aliphatic heterocycles. The smallest absolute Gasteiger partial charge is 0.357 e. The topological polar surface area (TPSA) is 76.8 Å². The van der Waals surface area contributed by atoms with Crippen LogP contribution in [-0.4, -0.2) is 51.8 Å². The Kier molecular flexibility index (Phi) is 4.11. The van der Waals surface area contributed by atoms with E-state index in [1.165, 1.54) is 21.9 Å². The number of ether oxygens (including phenoxy) is 1. The molecular formula is C12H14N4O3S2. The average Bonchev–Trinajstić information content (AvgIpc) is 2.91. The van der Waals surface area contributed by atoms with Gasteiger partial charge in [-0.1, -0.05) is 11.3 Å². The number of esters is 1. The zero-order valence-corrected chi connectivity index (χ0v) is 13.1. The summed E-state index contributed by atoms with van der Waals surface area (Å²) in [6, 6.07) is 1.17. The van der Waals surface area contributed by atoms with Crippen LogP contribution in [0.2, 0.25) is 0 Å². The standard InChI is InChI=1S/C12H14N4O3S2/c1-2-19-10(18)8-7-9(17)13-11-16(8)14-12(21-11)15-3-5-20-6-4-15/h7H,2-6H2,1H3. The second-order valence-corrected chi connectivity index (χ2v) is 6.54. The van der Waals surface area contributed by atoms with Crippen LogP contribution >= 0.6 is 23.1 Å². The maximum Gasteiger partial charge on any atom is 0.357 e. The van der Waals surface area contributed by atoms with Crippen LogP contribution in [0.5, 0.6) is 0 Å². The highest BCUT2D eigenvalue weighted by Crippen LogP contribution is 2.25. The lowest BCUT2D eigenvalue weighted by Crippen LogP contribution is -2.32. The van der Waals surface area contributed by atoms with Crippen molar-refractivity contribution in [1.82, 2.24) is 14.6 Å². The predicted octanol–water partition coefficient (Wildman–Crippen LogP) is 0.881. The fraction of sp³-hybridized carbons (Fsp3) is 0.500. The molecule has 1 saturated heterocycles. The van der Waals surface area contributed by atoms with Gasteiger partial charge in [0.15, 0.2) is 5.69 Å². The molecule has 0 aliphatic carbocycles. The van der Waals surface area contributed by atoms with Gasteiger partial charge < -0.3 is 9.64 Å². The molecule has 1 aliphatic rings. The summed E-state index contributed by atoms with van der Waals surface area (Å²) in [5.74, 6) is 1.54. The molecular weight excluding hydrogens is 312 g/mol. The minimum atomic E-state index is -0.557. The fourth-order valence-electron chi connectivity index (χ4n) is 2.04. The van der Waals surface area contributed by atoms with Crippen molar-refractivity contribution in [3.05, 3.63) is 22.1 Å². The molecule has 21 heavy (non-hydrogen) atoms. The molecule has 112 valence electrons. The van der Waals surface area contributed by atoms with Crippen LogP contribution in [0.25, 0.3) is 4.96 Å². The number of carbonyl (C=O) groups is 1. The Morgan fingerprint density at radius 3 is 2.90 bits per heavy atom. The van der Waals surface area contributed by atoms with E-state index in [1.54, 1.807) is 6.92 Å². The summed E-state index contributed by atoms with van der Waals surface area (Å²) in [6.45, 7) is 3.78. The van der Waals surface area contributed by atoms with E-state index in [9.17, 15) is 9.59 Å². The molecule has 3 rings (SSSR count). The lowest BCUT2D eigenvalue weighted by Gasteiger charge is -2.24. The third kappa shape index (κ3) is 2.88. The zero-order valence-electron chi connectivity index (χ0n) is 11.4. The zero-order chi connectivity index (χ0) is 14.8. The van der Waals surface area contributed by atoms with E-state index in [1.807, 2.05) is 11.8 Å². The molecule has 0 saturated carbocycles. The Balaban J connectivity index is 2.05. The van der Waals surface area contributed by atoms with Crippen LogP contribution in [0.3, 0.4) is 0 Å². The number of aromatic nitrogens is 3. The van der Waals surface area contributed by atoms with Crippen molar-refractivity contribution in [2.24, 2.45) is 0 Å². The van der Waals surface area contributed by atoms with Crippen LogP contribution in [0.15, 0.2) is 10.9 Å². The highest BCUT2D eigenvalue weighted by Gasteiger charge is 2.20. The average molecular weight is 326 g/mol. The largest absolute Gasteiger partial charge is 0.461 e. The van der Waals surface area contributed by atoms with E-state index >= 15 is 0 Å². The summed E-state index contributed by atoms with van der Waals surface area (Å²) in [6.07, 6.45) is 0. The molecule has 0 spiro atoms. The SMILES string of the molecule is CCOC(=O)c1cc(=O)nc2sc(N3CCSCC3)nn12. The molecule has 0 atom stereocenters. The van der Waals surface area contributed by atoms with Gasteiger partial charge >= 0.3 is 5.97 Å². The Labute approximate surface area is 128 Å². The first-order chi connectivity index (χ1) is 10.2. The van der Waals surface area contributed by atoms with Gasteiger partial charge in [-0.05, 0) is 6.92 Å². The molecule has 2 aromatic heterocycles. The van der Waals surface area contributed by atoms with Gasteiger partial charge in [0.1, 0.15) is 0 Å². The normalized spacial score (nSPS) is 15.4. The van der Waals surface area contributed by atoms with Gasteiger partial charge in [0.2, 0.25) is 10.1 Å². The molecule has 1 fully saturated rings. The number of anilines is 1. The second kappa shape index (κ2) is 6.02. The van der Waals surface area contributed by atoms with Crippen LogP contribution in [0.4, 0.5) is 5.13 Å². The van der Waals surface area contributed by atoms with E-state index in [-0.39, 0.29) is 12.3 Å². The highest BCUT2D eigenvalue weighted by molar-refractivity contribution is 7.99. The minimum absolute atomic E-state index is 0.126. The van der Waals surface area contributed by atoms with E-state index in [2.05, 4.69) is 15.0 Å². The molecule has 0 aromatic carbocycles. The number of carbonyl (C=O) groups excluding carboxylic acids is 1. The van der Waals surface area contributed by atoms with Crippen molar-refractivity contribution >= 4 is 39.2 Å². The van der Waals surface area contributed by atoms with Gasteiger partial charge in [-0.3, -0.25) is 4.79 Å². The number of hydrogen-bond acceptors (Lipinski definition) is 8. The van der Waals surface area contributed by atoms with E-state index < -0.39 is 11.5 Å². The van der Waals surface area contributed by atoms with Gasteiger partial charge in [-0.25, -0.2) is 4.79 Å². The second-order valence-electron chi connectivity index (χ2n) is 4.38. The summed E-state index contributed by atoms with van der Waals surface area (Å²) in [5, 5.41) is 5.21. The van der Waals surface area contributed by atoms with Gasteiger partial charge in [-0.15, -0.1) is 5.10 Å². The van der Waals surface area contributed by atoms with Gasteiger partial charge in [0.05, 0.1) is 6.61 Å². The number of fused-ring (bicyclic) bond motifs is 1. The quantitative estimate of drug-likeness (QED) is 0.775. The van der Waals surface area contributed by atoms with Gasteiger partial charge in [0, 0.05) is 30.7 Å². The van der Waals surface area contributed by atoms with Crippen molar-refractivity contribution in [2.75, 3.05) is 36.1 Å². The highest BCUT2D eigenvalue weighted by atomic mass is 32.2. The van der Waals surface area contributed by atoms with Crippen molar-refractivity contribution in [3.63, 3.8) is 0 Å². The molecule has 0 amide bonds. The summed E-state index contributed by atoms with van der Waals surface area (Å²) < 4.78 is 6.37. The third-order valence-electron chi connectivity index (χ3n) is 3.01. The maximum atomic E-state index is 11.9. The molecule has 0 radical (unpaired) electrons. The van der Waals surface area contributed by atoms with Gasteiger partial charge in [0.25, 0.3) is 5.56 Å². The van der Waals surface area contributed by atoms with E-state index in [0.29, 0.717) is 4.96 Å². The predicted molar refractivity (Wildman–Crippen MR) is 82.6 cm³/mol. The first-order valence-electron chi connectivity index (χ1n) is 6.60. The van der Waals surface area contributed by atoms with Crippen LogP contribution < -0.4 is 10.5 Å². The Hall–Kier alpha value is -1.61. The minimum Gasteiger partial charge on any atom is -0.461 e. The molecule has 0 unspecified atom stereocenters. The van der Waals surface area contributed by atoms with Crippen LogP contribution in [-0.2, 0) is 4.74 Å². The summed E-state index contributed by atoms with van der Waals surface area (Å²) in [7, 11) is 0. The maximum absolute atomic E-state index is 11.9. The third-order valence-corrected chi connectivity index (χ3v) is 4.92. The Morgan fingerprint density at radius 2 is 2.19 bits per heavy atom. The lowest BCUT2D eigenvalue weighted by atomic mass is 10.4. The van der Waals surface area contributed by atoms with E-state index in [4.69, 9.17) is 4.74 Å². The number of rotatable bonds is 3. The summed E-state index contributed by atoms with van der Waals surface area (Å²) in [4.78, 5) is 30.0. The van der Waals surface area contributed by atoms with Crippen LogP contribution in [0, 0.1) is 0 Å². The molecule has 7 nitrogen and oxygen atoms in total. The Bertz CT molecular complexity index is 721. The van der Waals surface area contributed by atoms with Gasteiger partial charge in [-0.2, -0.15) is 21.3 Å². The lowest BCUT2D eigenvalue weighted by molar-refractivity contribution is 0.0516. The Morgan fingerprint density at radius 1 is 1.43 bits per heavy atom. The van der Waals surface area contributed by atoms with Crippen LogP contribution in [0.1, 0.15) is 17.4 Å². The molecule has 0 bridgehead atoms. The van der Waals surface area contributed by atoms with Crippen molar-refractivity contribution in [3.8, 4) is 0 Å². The molecule has 0 N–H and O–H groups in total. The number of nitrogens with zero attached hydrogens (tertiary/aromatic N) is 4. The number of thioether (sulfide) groups is 1. The monoisotopic (exact) mass is 326 g/mol. The molecule has 3 heterocycles. The first-order valence-corrected chi connectivity index (χ1v) is 8.57. The van der Waals surface area contributed by atoms with Crippen molar-refractivity contribution in [1.29, 1.82) is 0 Å². The van der Waals surface area contributed by atoms with Crippen molar-refractivity contribution < 1.29 is 9.53 Å². The first kappa shape index (κ1) is 14.3. The summed E-state index contributed by atoms with van der Waals surface area (Å²) >= 11 is 3.22. The molecule has 2 aromatic rings. The van der Waals surface area contributed by atoms with Crippen molar-refractivity contribution in [2.45, 2.75) is 6.92 Å². The molecule has 9 heteroatoms. The fourth-order valence-corrected chi connectivity index (χ4v) is 3.90. The van der Waals surface area contributed by atoms with E-state index in [0.717, 1.165) is 29.7 Å². The summed E-state index contributed by atoms with van der Waals surface area (Å²) in [5.41, 5.74) is -0.330. The number of hydrogen-bond donors (Lipinski definition) is 0.